The third-order valence-electron chi connectivity index (χ3n) is 4.82. The average molecular weight is 362 g/mol. The topological polar surface area (TPSA) is 62.2 Å². The Kier molecular flexibility index (Phi) is 4.07. The summed E-state index contributed by atoms with van der Waals surface area (Å²) in [7, 11) is 0. The van der Waals surface area contributed by atoms with Gasteiger partial charge in [-0.25, -0.2) is 4.52 Å². The number of nitrogens with one attached hydrogen (secondary N) is 2. The van der Waals surface area contributed by atoms with E-state index in [0.29, 0.717) is 16.8 Å². The molecule has 5 nitrogen and oxygen atoms in total. The first-order chi connectivity index (χ1) is 12.4. The summed E-state index contributed by atoms with van der Waals surface area (Å²) in [6.45, 7) is 1.76. The van der Waals surface area contributed by atoms with Crippen molar-refractivity contribution < 1.29 is 13.2 Å². The number of aromatic nitrogens is 3. The van der Waals surface area contributed by atoms with Crippen molar-refractivity contribution in [2.24, 2.45) is 0 Å². The minimum Gasteiger partial charge on any atom is -0.317 e. The van der Waals surface area contributed by atoms with Crippen LogP contribution in [0.15, 0.2) is 41.3 Å². The lowest BCUT2D eigenvalue weighted by molar-refractivity contribution is -0.137. The van der Waals surface area contributed by atoms with Crippen LogP contribution < -0.4 is 10.9 Å². The van der Waals surface area contributed by atoms with Gasteiger partial charge < -0.3 is 10.3 Å². The highest BCUT2D eigenvalue weighted by atomic mass is 19.4. The molecule has 0 aliphatic carbocycles. The van der Waals surface area contributed by atoms with Crippen LogP contribution >= 0.6 is 0 Å². The van der Waals surface area contributed by atoms with Crippen LogP contribution in [-0.4, -0.2) is 27.7 Å². The van der Waals surface area contributed by atoms with Crippen molar-refractivity contribution in [1.82, 2.24) is 19.9 Å². The SMILES string of the molecule is O=c1cc(C2CCNCC2)n2ncc(-c3ccc(C(F)(F)F)cc3)c2[nH]1. The zero-order valence-corrected chi connectivity index (χ0v) is 13.8. The lowest BCUT2D eigenvalue weighted by Gasteiger charge is -2.23. The Morgan fingerprint density at radius 2 is 1.81 bits per heavy atom. The Morgan fingerprint density at radius 3 is 2.46 bits per heavy atom. The third-order valence-corrected chi connectivity index (χ3v) is 4.82. The lowest BCUT2D eigenvalue weighted by atomic mass is 9.94. The van der Waals surface area contributed by atoms with E-state index in [9.17, 15) is 18.0 Å². The quantitative estimate of drug-likeness (QED) is 0.736. The summed E-state index contributed by atoms with van der Waals surface area (Å²) in [5, 5.41) is 7.67. The van der Waals surface area contributed by atoms with Crippen LogP contribution in [0.5, 0.6) is 0 Å². The molecule has 1 aliphatic heterocycles. The molecular formula is C18H17F3N4O. The number of nitrogens with zero attached hydrogens (tertiary/aromatic N) is 2. The van der Waals surface area contributed by atoms with Crippen molar-refractivity contribution in [3.8, 4) is 11.1 Å². The van der Waals surface area contributed by atoms with E-state index >= 15 is 0 Å². The number of H-pyrrole nitrogens is 1. The number of alkyl halides is 3. The van der Waals surface area contributed by atoms with Gasteiger partial charge in [0.15, 0.2) is 0 Å². The molecule has 2 aromatic heterocycles. The van der Waals surface area contributed by atoms with Gasteiger partial charge in [-0.1, -0.05) is 12.1 Å². The molecule has 3 aromatic rings. The summed E-state index contributed by atoms with van der Waals surface area (Å²) in [6.07, 6.45) is -0.976. The summed E-state index contributed by atoms with van der Waals surface area (Å²) >= 11 is 0. The van der Waals surface area contributed by atoms with Crippen LogP contribution in [0.25, 0.3) is 16.8 Å². The monoisotopic (exact) mass is 362 g/mol. The number of aromatic amines is 1. The van der Waals surface area contributed by atoms with Crippen LogP contribution in [0.2, 0.25) is 0 Å². The van der Waals surface area contributed by atoms with E-state index in [-0.39, 0.29) is 11.5 Å². The van der Waals surface area contributed by atoms with E-state index < -0.39 is 11.7 Å². The highest BCUT2D eigenvalue weighted by Crippen LogP contribution is 2.32. The van der Waals surface area contributed by atoms with Gasteiger partial charge in [-0.15, -0.1) is 0 Å². The first-order valence-electron chi connectivity index (χ1n) is 8.43. The fourth-order valence-electron chi connectivity index (χ4n) is 3.47. The molecule has 3 heterocycles. The molecular weight excluding hydrogens is 345 g/mol. The van der Waals surface area contributed by atoms with Crippen LogP contribution in [0.1, 0.15) is 30.0 Å². The molecule has 2 N–H and O–H groups in total. The van der Waals surface area contributed by atoms with Gasteiger partial charge in [-0.05, 0) is 43.6 Å². The van der Waals surface area contributed by atoms with Crippen LogP contribution in [0, 0.1) is 0 Å². The minimum absolute atomic E-state index is 0.224. The Morgan fingerprint density at radius 1 is 1.12 bits per heavy atom. The van der Waals surface area contributed by atoms with Crippen molar-refractivity contribution in [2.75, 3.05) is 13.1 Å². The fourth-order valence-corrected chi connectivity index (χ4v) is 3.47. The second-order valence-corrected chi connectivity index (χ2v) is 6.48. The number of hydrogen-bond acceptors (Lipinski definition) is 3. The van der Waals surface area contributed by atoms with Crippen molar-refractivity contribution in [1.29, 1.82) is 0 Å². The molecule has 1 aromatic carbocycles. The maximum atomic E-state index is 12.8. The second kappa shape index (κ2) is 6.28. The van der Waals surface area contributed by atoms with Crippen molar-refractivity contribution >= 4 is 5.65 Å². The molecule has 0 amide bonds. The molecule has 0 unspecified atom stereocenters. The fraction of sp³-hybridized carbons (Fsp3) is 0.333. The van der Waals surface area contributed by atoms with Gasteiger partial charge in [-0.2, -0.15) is 18.3 Å². The number of benzene rings is 1. The predicted molar refractivity (Wildman–Crippen MR) is 91.1 cm³/mol. The summed E-state index contributed by atoms with van der Waals surface area (Å²) in [4.78, 5) is 14.9. The Balaban J connectivity index is 1.80. The van der Waals surface area contributed by atoms with Gasteiger partial charge in [0.25, 0.3) is 5.56 Å². The Hall–Kier alpha value is -2.61. The number of piperidine rings is 1. The normalized spacial score (nSPS) is 16.3. The van der Waals surface area contributed by atoms with Crippen LogP contribution in [0.3, 0.4) is 0 Å². The van der Waals surface area contributed by atoms with E-state index in [2.05, 4.69) is 15.4 Å². The highest BCUT2D eigenvalue weighted by Gasteiger charge is 2.30. The smallest absolute Gasteiger partial charge is 0.317 e. The minimum atomic E-state index is -4.38. The number of hydrogen-bond donors (Lipinski definition) is 2. The predicted octanol–water partition coefficient (Wildman–Crippen LogP) is 3.18. The third kappa shape index (κ3) is 3.01. The molecule has 1 aliphatic rings. The van der Waals surface area contributed by atoms with Gasteiger partial charge in [0.2, 0.25) is 0 Å². The summed E-state index contributed by atoms with van der Waals surface area (Å²) < 4.78 is 40.0. The Bertz CT molecular complexity index is 982. The van der Waals surface area contributed by atoms with Gasteiger partial charge in [0.05, 0.1) is 17.5 Å². The average Bonchev–Trinajstić information content (AvgIpc) is 3.05. The molecule has 0 atom stereocenters. The molecule has 0 spiro atoms. The van der Waals surface area contributed by atoms with Crippen LogP contribution in [0.4, 0.5) is 13.2 Å². The lowest BCUT2D eigenvalue weighted by Crippen LogP contribution is -2.28. The van der Waals surface area contributed by atoms with Crippen molar-refractivity contribution in [3.05, 3.63) is 58.1 Å². The molecule has 0 saturated carbocycles. The molecule has 1 fully saturated rings. The maximum absolute atomic E-state index is 12.8. The summed E-state index contributed by atoms with van der Waals surface area (Å²) in [5.74, 6) is 0.224. The van der Waals surface area contributed by atoms with Gasteiger partial charge in [0, 0.05) is 17.5 Å². The van der Waals surface area contributed by atoms with Gasteiger partial charge in [-0.3, -0.25) is 4.79 Å². The van der Waals surface area contributed by atoms with E-state index in [1.54, 1.807) is 16.8 Å². The number of halogens is 3. The molecule has 1 saturated heterocycles. The molecule has 8 heteroatoms. The first kappa shape index (κ1) is 16.8. The van der Waals surface area contributed by atoms with E-state index in [4.69, 9.17) is 0 Å². The van der Waals surface area contributed by atoms with Gasteiger partial charge in [0.1, 0.15) is 5.65 Å². The zero-order chi connectivity index (χ0) is 18.3. The zero-order valence-electron chi connectivity index (χ0n) is 13.8. The Labute approximate surface area is 146 Å². The molecule has 26 heavy (non-hydrogen) atoms. The number of fused-ring (bicyclic) bond motifs is 1. The molecule has 0 bridgehead atoms. The van der Waals surface area contributed by atoms with E-state index in [1.807, 2.05) is 0 Å². The van der Waals surface area contributed by atoms with Crippen LogP contribution in [-0.2, 0) is 6.18 Å². The van der Waals surface area contributed by atoms with Crippen molar-refractivity contribution in [2.45, 2.75) is 24.9 Å². The standard InChI is InChI=1S/C18H17F3N4O/c19-18(20,21)13-3-1-11(2-4-13)14-10-23-25-15(9-16(26)24-17(14)25)12-5-7-22-8-6-12/h1-4,9-10,12,22H,5-8H2,(H,24,26). The molecule has 136 valence electrons. The summed E-state index contributed by atoms with van der Waals surface area (Å²) in [5.41, 5.74) is 1.58. The molecule has 4 rings (SSSR count). The van der Waals surface area contributed by atoms with E-state index in [1.165, 1.54) is 12.1 Å². The second-order valence-electron chi connectivity index (χ2n) is 6.48. The first-order valence-corrected chi connectivity index (χ1v) is 8.43. The van der Waals surface area contributed by atoms with Crippen molar-refractivity contribution in [3.63, 3.8) is 0 Å². The largest absolute Gasteiger partial charge is 0.416 e. The van der Waals surface area contributed by atoms with E-state index in [0.717, 1.165) is 43.8 Å². The van der Waals surface area contributed by atoms with Gasteiger partial charge >= 0.3 is 6.18 Å². The summed E-state index contributed by atoms with van der Waals surface area (Å²) in [6, 6.07) is 6.43. The highest BCUT2D eigenvalue weighted by molar-refractivity contribution is 5.77. The number of rotatable bonds is 2. The maximum Gasteiger partial charge on any atom is 0.416 e. The molecule has 0 radical (unpaired) electrons.